The highest BCUT2D eigenvalue weighted by molar-refractivity contribution is 8.01. The number of aromatic nitrogens is 3. The van der Waals surface area contributed by atoms with Crippen LogP contribution >= 0.6 is 11.8 Å². The minimum atomic E-state index is 0.355. The average Bonchev–Trinajstić information content (AvgIpc) is 3.09. The number of rotatable bonds is 5. The van der Waals surface area contributed by atoms with Gasteiger partial charge in [-0.15, -0.1) is 11.8 Å². The Hall–Kier alpha value is -1.37. The van der Waals surface area contributed by atoms with Gasteiger partial charge in [-0.1, -0.05) is 6.07 Å². The van der Waals surface area contributed by atoms with Crippen LogP contribution < -0.4 is 0 Å². The van der Waals surface area contributed by atoms with Crippen LogP contribution in [0.5, 0.6) is 0 Å². The fourth-order valence-corrected chi connectivity index (χ4v) is 5.54. The van der Waals surface area contributed by atoms with Crippen molar-refractivity contribution in [1.82, 2.24) is 19.7 Å². The van der Waals surface area contributed by atoms with E-state index in [0.717, 1.165) is 48.9 Å². The molecule has 2 aromatic rings. The van der Waals surface area contributed by atoms with Crippen LogP contribution in [0.4, 0.5) is 0 Å². The third-order valence-electron chi connectivity index (χ3n) is 5.10. The van der Waals surface area contributed by atoms with Gasteiger partial charge in [-0.3, -0.25) is 14.6 Å². The highest BCUT2D eigenvalue weighted by Gasteiger charge is 2.49. The number of hydrogen-bond donors (Lipinski definition) is 0. The summed E-state index contributed by atoms with van der Waals surface area (Å²) >= 11 is 2.09. The molecule has 2 aromatic heterocycles. The molecule has 1 spiro atoms. The number of likely N-dealkylation sites (tertiary alicyclic amines) is 1. The molecule has 0 radical (unpaired) electrons. The normalized spacial score (nSPS) is 22.4. The number of aryl methyl sites for hydroxylation is 3. The minimum absolute atomic E-state index is 0.355. The van der Waals surface area contributed by atoms with Gasteiger partial charge in [0.15, 0.2) is 0 Å². The fraction of sp³-hybridized carbons (Fsp3) is 0.579. The number of pyridine rings is 1. The predicted molar refractivity (Wildman–Crippen MR) is 101 cm³/mol. The molecule has 2 fully saturated rings. The monoisotopic (exact) mass is 358 g/mol. The average molecular weight is 359 g/mol. The van der Waals surface area contributed by atoms with Gasteiger partial charge in [-0.2, -0.15) is 5.10 Å². The van der Waals surface area contributed by atoms with Gasteiger partial charge in [0.1, 0.15) is 0 Å². The van der Waals surface area contributed by atoms with Gasteiger partial charge in [0, 0.05) is 42.9 Å². The summed E-state index contributed by atoms with van der Waals surface area (Å²) in [5, 5.41) is 4.44. The molecule has 2 saturated heterocycles. The molecule has 4 rings (SSSR count). The molecule has 4 heterocycles. The van der Waals surface area contributed by atoms with Crippen LogP contribution in [0.3, 0.4) is 0 Å². The zero-order valence-corrected chi connectivity index (χ0v) is 16.1. The van der Waals surface area contributed by atoms with Crippen LogP contribution in [0, 0.1) is 13.8 Å². The van der Waals surface area contributed by atoms with E-state index in [1.165, 1.54) is 5.69 Å². The molecule has 0 unspecified atom stereocenters. The first kappa shape index (κ1) is 17.1. The van der Waals surface area contributed by atoms with Crippen LogP contribution in [0.1, 0.15) is 29.2 Å². The Kier molecular flexibility index (Phi) is 4.60. The molecule has 0 N–H and O–H groups in total. The fourth-order valence-electron chi connectivity index (χ4n) is 3.93. The topological polar surface area (TPSA) is 43.2 Å². The third-order valence-corrected chi connectivity index (χ3v) is 6.67. The molecule has 1 atom stereocenters. The van der Waals surface area contributed by atoms with Crippen molar-refractivity contribution in [2.24, 2.45) is 7.05 Å². The number of thioether (sulfide) groups is 1. The second-order valence-corrected chi connectivity index (χ2v) is 8.94. The van der Waals surface area contributed by atoms with Crippen LogP contribution in [0.25, 0.3) is 0 Å². The van der Waals surface area contributed by atoms with Gasteiger partial charge in [-0.25, -0.2) is 0 Å². The molecular formula is C19H26N4OS. The van der Waals surface area contributed by atoms with Gasteiger partial charge in [0.05, 0.1) is 29.8 Å². The van der Waals surface area contributed by atoms with Gasteiger partial charge in [0.25, 0.3) is 0 Å². The second-order valence-electron chi connectivity index (χ2n) is 7.45. The molecule has 2 aliphatic heterocycles. The van der Waals surface area contributed by atoms with Crippen molar-refractivity contribution in [2.45, 2.75) is 44.3 Å². The molecule has 2 aliphatic rings. The van der Waals surface area contributed by atoms with E-state index in [2.05, 4.69) is 45.8 Å². The molecule has 0 aliphatic carbocycles. The van der Waals surface area contributed by atoms with Gasteiger partial charge < -0.3 is 4.74 Å². The SMILES string of the molecule is Cc1cccc(CO[C@@H]2CSC3(C2)CN(Cc2cc(C)nn2C)C3)n1. The van der Waals surface area contributed by atoms with Crippen molar-refractivity contribution >= 4 is 11.8 Å². The number of nitrogens with zero attached hydrogens (tertiary/aromatic N) is 4. The first-order valence-corrected chi connectivity index (χ1v) is 9.90. The molecule has 5 nitrogen and oxygen atoms in total. The van der Waals surface area contributed by atoms with Crippen molar-refractivity contribution in [1.29, 1.82) is 0 Å². The minimum Gasteiger partial charge on any atom is -0.371 e. The molecule has 0 saturated carbocycles. The van der Waals surface area contributed by atoms with Crippen LogP contribution in [0.2, 0.25) is 0 Å². The molecule has 0 bridgehead atoms. The van der Waals surface area contributed by atoms with Crippen molar-refractivity contribution in [2.75, 3.05) is 18.8 Å². The Labute approximate surface area is 153 Å². The van der Waals surface area contributed by atoms with E-state index in [4.69, 9.17) is 4.74 Å². The Balaban J connectivity index is 1.25. The predicted octanol–water partition coefficient (Wildman–Crippen LogP) is 2.71. The van der Waals surface area contributed by atoms with Crippen LogP contribution in [0.15, 0.2) is 24.3 Å². The van der Waals surface area contributed by atoms with Crippen LogP contribution in [-0.2, 0) is 24.9 Å². The van der Waals surface area contributed by atoms with E-state index in [1.807, 2.05) is 30.8 Å². The van der Waals surface area contributed by atoms with Crippen molar-refractivity contribution < 1.29 is 4.74 Å². The first-order valence-electron chi connectivity index (χ1n) is 8.91. The summed E-state index contributed by atoms with van der Waals surface area (Å²) in [7, 11) is 2.03. The summed E-state index contributed by atoms with van der Waals surface area (Å²) in [5.41, 5.74) is 4.49. The second kappa shape index (κ2) is 6.74. The van der Waals surface area contributed by atoms with Crippen molar-refractivity contribution in [3.8, 4) is 0 Å². The third kappa shape index (κ3) is 3.76. The van der Waals surface area contributed by atoms with Crippen molar-refractivity contribution in [3.05, 3.63) is 47.0 Å². The zero-order chi connectivity index (χ0) is 17.4. The summed E-state index contributed by atoms with van der Waals surface area (Å²) in [6, 6.07) is 8.31. The molecule has 6 heteroatoms. The standard InChI is InChI=1S/C19H26N4OS/c1-14-5-4-6-16(20-14)10-24-18-8-19(25-11-18)12-23(13-19)9-17-7-15(2)21-22(17)3/h4-7,18H,8-13H2,1-3H3/t18-/m0/s1. The maximum Gasteiger partial charge on any atom is 0.0892 e. The molecular weight excluding hydrogens is 332 g/mol. The zero-order valence-electron chi connectivity index (χ0n) is 15.2. The van der Waals surface area contributed by atoms with E-state index in [9.17, 15) is 0 Å². The smallest absolute Gasteiger partial charge is 0.0892 e. The number of hydrogen-bond acceptors (Lipinski definition) is 5. The molecule has 25 heavy (non-hydrogen) atoms. The quantitative estimate of drug-likeness (QED) is 0.822. The van der Waals surface area contributed by atoms with E-state index in [0.29, 0.717) is 17.5 Å². The van der Waals surface area contributed by atoms with E-state index < -0.39 is 0 Å². The Morgan fingerprint density at radius 2 is 2.12 bits per heavy atom. The number of ether oxygens (including phenoxy) is 1. The highest BCUT2D eigenvalue weighted by atomic mass is 32.2. The molecule has 134 valence electrons. The van der Waals surface area contributed by atoms with Gasteiger partial charge >= 0.3 is 0 Å². The Bertz CT molecular complexity index is 754. The lowest BCUT2D eigenvalue weighted by atomic mass is 9.93. The maximum atomic E-state index is 6.14. The highest BCUT2D eigenvalue weighted by Crippen LogP contribution is 2.46. The van der Waals surface area contributed by atoms with E-state index in [1.54, 1.807) is 0 Å². The Morgan fingerprint density at radius 3 is 2.84 bits per heavy atom. The lowest BCUT2D eigenvalue weighted by molar-refractivity contribution is 0.0245. The maximum absolute atomic E-state index is 6.14. The lowest BCUT2D eigenvalue weighted by Gasteiger charge is -2.47. The van der Waals surface area contributed by atoms with Gasteiger partial charge in [0.2, 0.25) is 0 Å². The largest absolute Gasteiger partial charge is 0.371 e. The summed E-state index contributed by atoms with van der Waals surface area (Å²) in [6.45, 7) is 8.02. The molecule has 0 aromatic carbocycles. The van der Waals surface area contributed by atoms with Crippen molar-refractivity contribution in [3.63, 3.8) is 0 Å². The van der Waals surface area contributed by atoms with Gasteiger partial charge in [-0.05, 0) is 38.5 Å². The van der Waals surface area contributed by atoms with Crippen LogP contribution in [-0.4, -0.2) is 49.4 Å². The summed E-state index contributed by atoms with van der Waals surface area (Å²) < 4.78 is 8.54. The lowest BCUT2D eigenvalue weighted by Crippen LogP contribution is -2.58. The summed E-state index contributed by atoms with van der Waals surface area (Å²) in [5.74, 6) is 1.10. The molecule has 0 amide bonds. The first-order chi connectivity index (χ1) is 12.0. The van der Waals surface area contributed by atoms with E-state index >= 15 is 0 Å². The summed E-state index contributed by atoms with van der Waals surface area (Å²) in [4.78, 5) is 7.05. The van der Waals surface area contributed by atoms with E-state index in [-0.39, 0.29) is 0 Å². The summed E-state index contributed by atoms with van der Waals surface area (Å²) in [6.07, 6.45) is 1.51. The Morgan fingerprint density at radius 1 is 1.28 bits per heavy atom.